The molecule has 1 fully saturated rings. The molecule has 1 N–H and O–H groups in total. The zero-order valence-corrected chi connectivity index (χ0v) is 16.8. The van der Waals surface area contributed by atoms with E-state index in [-0.39, 0.29) is 14.3 Å². The molecule has 25 heavy (non-hydrogen) atoms. The third kappa shape index (κ3) is 4.52. The van der Waals surface area contributed by atoms with Gasteiger partial charge in [0.1, 0.15) is 0 Å². The minimum Gasteiger partial charge on any atom is -0.313 e. The number of rotatable bonds is 4. The van der Waals surface area contributed by atoms with Crippen LogP contribution in [0.3, 0.4) is 0 Å². The molecule has 2 atom stereocenters. The molecule has 0 aliphatic carbocycles. The Hall–Kier alpha value is -1.17. The van der Waals surface area contributed by atoms with E-state index in [0.29, 0.717) is 6.04 Å². The van der Waals surface area contributed by atoms with Crippen molar-refractivity contribution in [3.8, 4) is 0 Å². The summed E-state index contributed by atoms with van der Waals surface area (Å²) in [4.78, 5) is 0. The van der Waals surface area contributed by atoms with Crippen LogP contribution < -0.4 is 5.32 Å². The number of hydrogen-bond donors (Lipinski definition) is 1. The molecular weight excluding hydrogens is 321 g/mol. The van der Waals surface area contributed by atoms with Crippen molar-refractivity contribution in [2.24, 2.45) is 0 Å². The molecule has 2 aromatic rings. The van der Waals surface area contributed by atoms with Gasteiger partial charge in [-0.3, -0.25) is 0 Å². The minimum atomic E-state index is 0. The van der Waals surface area contributed by atoms with E-state index in [1.807, 2.05) is 13.8 Å². The Bertz CT molecular complexity index is 605. The molecule has 1 heterocycles. The quantitative estimate of drug-likeness (QED) is 0.648. The molecule has 2 aromatic carbocycles. The first-order chi connectivity index (χ1) is 11.7. The summed E-state index contributed by atoms with van der Waals surface area (Å²) in [6.45, 7) is 9.51. The van der Waals surface area contributed by atoms with Gasteiger partial charge in [-0.15, -0.1) is 9.24 Å². The Morgan fingerprint density at radius 2 is 1.56 bits per heavy atom. The Morgan fingerprint density at radius 1 is 1.04 bits per heavy atom. The summed E-state index contributed by atoms with van der Waals surface area (Å²) in [5.41, 5.74) is 5.59. The lowest BCUT2D eigenvalue weighted by Gasteiger charge is -2.40. The summed E-state index contributed by atoms with van der Waals surface area (Å²) >= 11 is 0. The number of benzene rings is 2. The molecular formula is C23H38NP. The molecule has 0 aromatic heterocycles. The molecule has 0 saturated carbocycles. The van der Waals surface area contributed by atoms with Crippen molar-refractivity contribution in [3.05, 3.63) is 70.8 Å². The average molecular weight is 360 g/mol. The highest BCUT2D eigenvalue weighted by Gasteiger charge is 2.41. The van der Waals surface area contributed by atoms with Gasteiger partial charge in [0, 0.05) is 12.9 Å². The van der Waals surface area contributed by atoms with Crippen molar-refractivity contribution >= 4 is 9.24 Å². The van der Waals surface area contributed by atoms with Crippen molar-refractivity contribution in [1.82, 2.24) is 5.32 Å². The lowest BCUT2D eigenvalue weighted by molar-refractivity contribution is 0.413. The van der Waals surface area contributed by atoms with E-state index < -0.39 is 0 Å². The van der Waals surface area contributed by atoms with Crippen molar-refractivity contribution in [1.29, 1.82) is 0 Å². The second kappa shape index (κ2) is 10.1. The molecule has 0 bridgehead atoms. The first-order valence-electron chi connectivity index (χ1n) is 9.24. The van der Waals surface area contributed by atoms with Crippen molar-refractivity contribution in [3.63, 3.8) is 0 Å². The Morgan fingerprint density at radius 3 is 1.92 bits per heavy atom. The van der Waals surface area contributed by atoms with Crippen molar-refractivity contribution < 1.29 is 1.43 Å². The fraction of sp³-hybridized carbons (Fsp3) is 0.478. The van der Waals surface area contributed by atoms with E-state index in [4.69, 9.17) is 0 Å². The standard InChI is InChI=1S/C20H26NP.C2H6.CH4.H2/c1-15-6-3-8-17(12-15)20(14-22,19-10-5-11-21-19)18-9-4-7-16(2)13-18;1-2;;/h3-4,6-9,12-13,19,21H,5,10-11,14,22H2,1-2H3;1-2H3;1H4;1H. The van der Waals surface area contributed by atoms with Gasteiger partial charge in [0.15, 0.2) is 0 Å². The smallest absolute Gasteiger partial charge is 0.0390 e. The van der Waals surface area contributed by atoms with Gasteiger partial charge in [-0.1, -0.05) is 80.9 Å². The largest absolute Gasteiger partial charge is 0.313 e. The first kappa shape index (κ1) is 21.9. The minimum absolute atomic E-state index is 0. The van der Waals surface area contributed by atoms with Crippen molar-refractivity contribution in [2.75, 3.05) is 12.7 Å². The lowest BCUT2D eigenvalue weighted by Crippen LogP contribution is -2.47. The fourth-order valence-corrected chi connectivity index (χ4v) is 4.65. The average Bonchev–Trinajstić information content (AvgIpc) is 3.13. The summed E-state index contributed by atoms with van der Waals surface area (Å²) < 4.78 is 0. The monoisotopic (exact) mass is 359 g/mol. The zero-order chi connectivity index (χ0) is 17.6. The summed E-state index contributed by atoms with van der Waals surface area (Å²) in [5.74, 6) is 0. The molecule has 1 nitrogen and oxygen atoms in total. The number of aryl methyl sites for hydroxylation is 2. The SMILES string of the molecule is C.CC.Cc1cccc(C(CP)(c2cccc(C)c2)C2CCCN2)c1.[HH]. The third-order valence-corrected chi connectivity index (χ3v) is 5.69. The van der Waals surface area contributed by atoms with E-state index in [1.54, 1.807) is 0 Å². The molecule has 0 spiro atoms. The highest BCUT2D eigenvalue weighted by Crippen LogP contribution is 2.41. The highest BCUT2D eigenvalue weighted by atomic mass is 31.0. The topological polar surface area (TPSA) is 12.0 Å². The van der Waals surface area contributed by atoms with Gasteiger partial charge >= 0.3 is 0 Å². The van der Waals surface area contributed by atoms with Gasteiger partial charge in [0.25, 0.3) is 0 Å². The first-order valence-corrected chi connectivity index (χ1v) is 10.1. The van der Waals surface area contributed by atoms with Crippen LogP contribution in [0.2, 0.25) is 0 Å². The van der Waals surface area contributed by atoms with Gasteiger partial charge in [0.05, 0.1) is 0 Å². The predicted molar refractivity (Wildman–Crippen MR) is 119 cm³/mol. The van der Waals surface area contributed by atoms with Crippen LogP contribution in [0.25, 0.3) is 0 Å². The second-order valence-electron chi connectivity index (χ2n) is 6.56. The summed E-state index contributed by atoms with van der Waals surface area (Å²) in [6, 6.07) is 18.6. The van der Waals surface area contributed by atoms with Crippen LogP contribution in [0, 0.1) is 13.8 Å². The normalized spacial score (nSPS) is 16.6. The molecule has 2 unspecified atom stereocenters. The van der Waals surface area contributed by atoms with Crippen LogP contribution in [-0.4, -0.2) is 18.7 Å². The molecule has 1 aliphatic rings. The fourth-order valence-electron chi connectivity index (χ4n) is 3.90. The predicted octanol–water partition coefficient (Wildman–Crippen LogP) is 6.12. The van der Waals surface area contributed by atoms with Crippen molar-refractivity contribution in [2.45, 2.75) is 59.4 Å². The van der Waals surface area contributed by atoms with Crippen LogP contribution in [0.1, 0.15) is 57.8 Å². The number of hydrogen-bond acceptors (Lipinski definition) is 1. The Labute approximate surface area is 159 Å². The molecule has 2 heteroatoms. The highest BCUT2D eigenvalue weighted by molar-refractivity contribution is 7.16. The van der Waals surface area contributed by atoms with Gasteiger partial charge in [-0.25, -0.2) is 0 Å². The molecule has 0 amide bonds. The third-order valence-electron chi connectivity index (χ3n) is 5.04. The Kier molecular flexibility index (Phi) is 8.83. The van der Waals surface area contributed by atoms with Gasteiger partial charge in [-0.2, -0.15) is 0 Å². The molecule has 3 rings (SSSR count). The van der Waals surface area contributed by atoms with E-state index in [0.717, 1.165) is 12.7 Å². The maximum absolute atomic E-state index is 3.77. The van der Waals surface area contributed by atoms with Crippen LogP contribution in [-0.2, 0) is 5.41 Å². The zero-order valence-electron chi connectivity index (χ0n) is 15.6. The van der Waals surface area contributed by atoms with E-state index in [1.165, 1.54) is 35.1 Å². The van der Waals surface area contributed by atoms with Crippen LogP contribution in [0.5, 0.6) is 0 Å². The van der Waals surface area contributed by atoms with Crippen LogP contribution in [0.4, 0.5) is 0 Å². The van der Waals surface area contributed by atoms with E-state index in [2.05, 4.69) is 76.9 Å². The Balaban J connectivity index is 0.00000151. The summed E-state index contributed by atoms with van der Waals surface area (Å²) in [7, 11) is 3.02. The number of nitrogens with one attached hydrogen (secondary N) is 1. The second-order valence-corrected chi connectivity index (χ2v) is 6.97. The van der Waals surface area contributed by atoms with Crippen LogP contribution >= 0.6 is 9.24 Å². The van der Waals surface area contributed by atoms with Crippen LogP contribution in [0.15, 0.2) is 48.5 Å². The maximum atomic E-state index is 3.77. The summed E-state index contributed by atoms with van der Waals surface area (Å²) in [5, 5.41) is 3.77. The molecule has 1 aliphatic heterocycles. The van der Waals surface area contributed by atoms with E-state index in [9.17, 15) is 0 Å². The van der Waals surface area contributed by atoms with Gasteiger partial charge in [-0.05, 0) is 50.5 Å². The molecule has 140 valence electrons. The van der Waals surface area contributed by atoms with Gasteiger partial charge in [0.2, 0.25) is 0 Å². The lowest BCUT2D eigenvalue weighted by atomic mass is 9.69. The maximum Gasteiger partial charge on any atom is 0.0390 e. The summed E-state index contributed by atoms with van der Waals surface area (Å²) in [6.07, 6.45) is 3.56. The van der Waals surface area contributed by atoms with Gasteiger partial charge < -0.3 is 5.32 Å². The van der Waals surface area contributed by atoms with E-state index >= 15 is 0 Å². The molecule has 0 radical (unpaired) electrons. The molecule has 1 saturated heterocycles.